The number of benzene rings is 2. The second-order valence-electron chi connectivity index (χ2n) is 5.52. The number of aryl methyl sites for hydroxylation is 2. The molecule has 0 bridgehead atoms. The fraction of sp³-hybridized carbons (Fsp3) is 0.158. The van der Waals surface area contributed by atoms with Gasteiger partial charge in [0.25, 0.3) is 0 Å². The first-order valence-electron chi connectivity index (χ1n) is 7.89. The average molecular weight is 350 g/mol. The van der Waals surface area contributed by atoms with E-state index < -0.39 is 5.25 Å². The van der Waals surface area contributed by atoms with Gasteiger partial charge in [-0.25, -0.2) is 4.98 Å². The molecule has 3 aromatic rings. The first-order valence-corrected chi connectivity index (χ1v) is 8.77. The van der Waals surface area contributed by atoms with E-state index in [9.17, 15) is 4.79 Å². The van der Waals surface area contributed by atoms with Crippen LogP contribution in [0.5, 0.6) is 0 Å². The van der Waals surface area contributed by atoms with Crippen molar-refractivity contribution < 1.29 is 4.79 Å². The van der Waals surface area contributed by atoms with Crippen LogP contribution in [-0.2, 0) is 4.79 Å². The van der Waals surface area contributed by atoms with Gasteiger partial charge in [0.05, 0.1) is 11.4 Å². The number of hydrogen-bond donors (Lipinski definition) is 1. The summed E-state index contributed by atoms with van der Waals surface area (Å²) in [5.74, 6) is 0.0489. The zero-order valence-corrected chi connectivity index (χ0v) is 14.8. The summed E-state index contributed by atoms with van der Waals surface area (Å²) in [6, 6.07) is 19.5. The number of rotatable bonds is 5. The molecule has 5 nitrogen and oxygen atoms in total. The molecule has 0 saturated carbocycles. The van der Waals surface area contributed by atoms with Gasteiger partial charge in [0, 0.05) is 4.90 Å². The zero-order chi connectivity index (χ0) is 17.6. The van der Waals surface area contributed by atoms with Crippen LogP contribution in [-0.4, -0.2) is 21.1 Å². The molecule has 0 radical (unpaired) electrons. The van der Waals surface area contributed by atoms with Crippen LogP contribution in [0.3, 0.4) is 0 Å². The lowest BCUT2D eigenvalue weighted by atomic mass is 10.1. The number of aromatic nitrogens is 3. The van der Waals surface area contributed by atoms with Crippen molar-refractivity contribution in [1.29, 1.82) is 0 Å². The topological polar surface area (TPSA) is 67.8 Å². The minimum absolute atomic E-state index is 0.176. The number of carbonyl (C=O) groups excluding carboxylic acids is 1. The molecule has 0 unspecified atom stereocenters. The lowest BCUT2D eigenvalue weighted by Gasteiger charge is -2.16. The van der Waals surface area contributed by atoms with Gasteiger partial charge in [-0.3, -0.25) is 10.1 Å². The molecule has 1 heterocycles. The Morgan fingerprint density at radius 1 is 0.920 bits per heavy atom. The Morgan fingerprint density at radius 3 is 2.20 bits per heavy atom. The highest BCUT2D eigenvalue weighted by atomic mass is 32.2. The third-order valence-corrected chi connectivity index (χ3v) is 4.93. The van der Waals surface area contributed by atoms with Crippen molar-refractivity contribution in [2.24, 2.45) is 0 Å². The standard InChI is InChI=1S/C19H18N4OS/c1-13-14(2)22-23-19(20-13)21-18(24)17(15-9-5-3-6-10-15)25-16-11-7-4-8-12-16/h3-12,17H,1-2H3,(H,20,21,23,24)/t17-/m0/s1. The molecule has 0 fully saturated rings. The molecule has 0 saturated heterocycles. The van der Waals surface area contributed by atoms with Gasteiger partial charge in [-0.1, -0.05) is 48.5 Å². The Balaban J connectivity index is 1.85. The summed E-state index contributed by atoms with van der Waals surface area (Å²) in [4.78, 5) is 18.2. The monoisotopic (exact) mass is 350 g/mol. The summed E-state index contributed by atoms with van der Waals surface area (Å²) in [7, 11) is 0. The van der Waals surface area contributed by atoms with Crippen molar-refractivity contribution in [1.82, 2.24) is 15.2 Å². The van der Waals surface area contributed by atoms with Gasteiger partial charge in [-0.2, -0.15) is 5.10 Å². The summed E-state index contributed by atoms with van der Waals surface area (Å²) in [6.07, 6.45) is 0. The molecule has 0 aliphatic rings. The first kappa shape index (κ1) is 17.1. The highest BCUT2D eigenvalue weighted by Crippen LogP contribution is 2.35. The quantitative estimate of drug-likeness (QED) is 0.706. The fourth-order valence-electron chi connectivity index (χ4n) is 2.22. The Hall–Kier alpha value is -2.73. The van der Waals surface area contributed by atoms with E-state index >= 15 is 0 Å². The normalized spacial score (nSPS) is 11.8. The van der Waals surface area contributed by atoms with Gasteiger partial charge < -0.3 is 0 Å². The van der Waals surface area contributed by atoms with Gasteiger partial charge in [-0.05, 0) is 31.5 Å². The van der Waals surface area contributed by atoms with E-state index in [1.807, 2.05) is 74.5 Å². The summed E-state index contributed by atoms with van der Waals surface area (Å²) >= 11 is 1.49. The highest BCUT2D eigenvalue weighted by Gasteiger charge is 2.23. The van der Waals surface area contributed by atoms with Crippen molar-refractivity contribution in [3.8, 4) is 0 Å². The van der Waals surface area contributed by atoms with Gasteiger partial charge >= 0.3 is 0 Å². The van der Waals surface area contributed by atoms with E-state index in [4.69, 9.17) is 0 Å². The summed E-state index contributed by atoms with van der Waals surface area (Å²) in [6.45, 7) is 3.67. The molecule has 0 aliphatic heterocycles. The predicted octanol–water partition coefficient (Wildman–Crippen LogP) is 3.96. The Morgan fingerprint density at radius 2 is 1.56 bits per heavy atom. The summed E-state index contributed by atoms with van der Waals surface area (Å²) in [5.41, 5.74) is 2.42. The van der Waals surface area contributed by atoms with Gasteiger partial charge in [0.1, 0.15) is 5.25 Å². The van der Waals surface area contributed by atoms with Crippen molar-refractivity contribution >= 4 is 23.6 Å². The number of thioether (sulfide) groups is 1. The van der Waals surface area contributed by atoms with Crippen LogP contribution in [0.2, 0.25) is 0 Å². The van der Waals surface area contributed by atoms with Crippen LogP contribution in [0.1, 0.15) is 22.2 Å². The van der Waals surface area contributed by atoms with E-state index in [1.165, 1.54) is 11.8 Å². The minimum Gasteiger partial charge on any atom is -0.292 e. The molecular weight excluding hydrogens is 332 g/mol. The number of carbonyl (C=O) groups is 1. The van der Waals surface area contributed by atoms with Crippen molar-refractivity contribution in [2.75, 3.05) is 5.32 Å². The van der Waals surface area contributed by atoms with E-state index in [0.717, 1.165) is 21.8 Å². The lowest BCUT2D eigenvalue weighted by Crippen LogP contribution is -2.21. The van der Waals surface area contributed by atoms with Crippen LogP contribution in [0, 0.1) is 13.8 Å². The molecular formula is C19H18N4OS. The maximum absolute atomic E-state index is 12.9. The average Bonchev–Trinajstić information content (AvgIpc) is 2.64. The number of hydrogen-bond acceptors (Lipinski definition) is 5. The van der Waals surface area contributed by atoms with Crippen molar-refractivity contribution in [2.45, 2.75) is 24.0 Å². The minimum atomic E-state index is -0.409. The second kappa shape index (κ2) is 7.90. The van der Waals surface area contributed by atoms with E-state index in [0.29, 0.717) is 0 Å². The smallest absolute Gasteiger partial charge is 0.249 e. The number of nitrogens with one attached hydrogen (secondary N) is 1. The van der Waals surface area contributed by atoms with Crippen LogP contribution in [0.4, 0.5) is 5.95 Å². The third-order valence-electron chi connectivity index (χ3n) is 3.66. The zero-order valence-electron chi connectivity index (χ0n) is 14.0. The maximum atomic E-state index is 12.9. The molecule has 0 spiro atoms. The third kappa shape index (κ3) is 4.42. The fourth-order valence-corrected chi connectivity index (χ4v) is 3.27. The molecule has 1 N–H and O–H groups in total. The molecule has 126 valence electrons. The number of anilines is 1. The Labute approximate surface area is 150 Å². The maximum Gasteiger partial charge on any atom is 0.249 e. The Kier molecular flexibility index (Phi) is 5.40. The molecule has 1 aromatic heterocycles. The van der Waals surface area contributed by atoms with Crippen molar-refractivity contribution in [3.63, 3.8) is 0 Å². The van der Waals surface area contributed by atoms with E-state index in [1.54, 1.807) is 0 Å². The van der Waals surface area contributed by atoms with Crippen LogP contribution in [0.25, 0.3) is 0 Å². The van der Waals surface area contributed by atoms with Gasteiger partial charge in [0.15, 0.2) is 0 Å². The molecule has 6 heteroatoms. The lowest BCUT2D eigenvalue weighted by molar-refractivity contribution is -0.115. The first-order chi connectivity index (χ1) is 12.1. The highest BCUT2D eigenvalue weighted by molar-refractivity contribution is 8.00. The molecule has 3 rings (SSSR count). The molecule has 1 amide bonds. The van der Waals surface area contributed by atoms with Crippen LogP contribution >= 0.6 is 11.8 Å². The van der Waals surface area contributed by atoms with Gasteiger partial charge in [0.2, 0.25) is 11.9 Å². The second-order valence-corrected chi connectivity index (χ2v) is 6.70. The van der Waals surface area contributed by atoms with Gasteiger partial charge in [-0.15, -0.1) is 16.9 Å². The predicted molar refractivity (Wildman–Crippen MR) is 99.4 cm³/mol. The van der Waals surface area contributed by atoms with Crippen LogP contribution in [0.15, 0.2) is 65.6 Å². The van der Waals surface area contributed by atoms with Crippen molar-refractivity contribution in [3.05, 3.63) is 77.6 Å². The molecule has 1 atom stereocenters. The number of nitrogens with zero attached hydrogens (tertiary/aromatic N) is 3. The largest absolute Gasteiger partial charge is 0.292 e. The summed E-state index contributed by atoms with van der Waals surface area (Å²) in [5, 5.41) is 10.3. The molecule has 25 heavy (non-hydrogen) atoms. The van der Waals surface area contributed by atoms with E-state index in [-0.39, 0.29) is 11.9 Å². The van der Waals surface area contributed by atoms with E-state index in [2.05, 4.69) is 20.5 Å². The molecule has 0 aliphatic carbocycles. The SMILES string of the molecule is Cc1nnc(NC(=O)[C@@H](Sc2ccccc2)c2ccccc2)nc1C. The molecule has 2 aromatic carbocycles. The Bertz CT molecular complexity index is 856. The summed E-state index contributed by atoms with van der Waals surface area (Å²) < 4.78 is 0. The number of amides is 1. The van der Waals surface area contributed by atoms with Crippen LogP contribution < -0.4 is 5.32 Å².